The summed E-state index contributed by atoms with van der Waals surface area (Å²) in [5.41, 5.74) is 0. The summed E-state index contributed by atoms with van der Waals surface area (Å²) in [5, 5.41) is 9.13. The first-order chi connectivity index (χ1) is 7.00. The average molecular weight is 213 g/mol. The van der Waals surface area contributed by atoms with Gasteiger partial charge in [-0.25, -0.2) is 0 Å². The summed E-state index contributed by atoms with van der Waals surface area (Å²) in [7, 11) is 2.12. The normalized spacial score (nSPS) is 25.5. The largest absolute Gasteiger partial charge is 0.481 e. The molecule has 0 radical (unpaired) electrons. The smallest absolute Gasteiger partial charge is 0.306 e. The lowest BCUT2D eigenvalue weighted by Crippen LogP contribution is -2.34. The molecule has 1 aliphatic rings. The van der Waals surface area contributed by atoms with Gasteiger partial charge in [0.1, 0.15) is 0 Å². The van der Waals surface area contributed by atoms with E-state index < -0.39 is 5.97 Å². The summed E-state index contributed by atoms with van der Waals surface area (Å²) >= 11 is 0. The molecule has 1 saturated heterocycles. The van der Waals surface area contributed by atoms with Gasteiger partial charge in [0.05, 0.1) is 5.92 Å². The molecule has 3 heteroatoms. The quantitative estimate of drug-likeness (QED) is 0.777. The van der Waals surface area contributed by atoms with E-state index in [1.807, 2.05) is 13.8 Å². The maximum absolute atomic E-state index is 11.1. The van der Waals surface area contributed by atoms with Crippen LogP contribution in [0.25, 0.3) is 0 Å². The fourth-order valence-electron chi connectivity index (χ4n) is 2.48. The fourth-order valence-corrected chi connectivity index (χ4v) is 2.48. The maximum atomic E-state index is 11.1. The van der Waals surface area contributed by atoms with E-state index in [0.717, 1.165) is 19.5 Å². The van der Waals surface area contributed by atoms with Crippen molar-refractivity contribution in [3.8, 4) is 0 Å². The molecule has 88 valence electrons. The first-order valence-electron chi connectivity index (χ1n) is 5.92. The molecule has 3 nitrogen and oxygen atoms in total. The molecule has 2 atom stereocenters. The van der Waals surface area contributed by atoms with Gasteiger partial charge < -0.3 is 10.0 Å². The highest BCUT2D eigenvalue weighted by atomic mass is 16.4. The van der Waals surface area contributed by atoms with Gasteiger partial charge in [0.25, 0.3) is 0 Å². The summed E-state index contributed by atoms with van der Waals surface area (Å²) in [6, 6.07) is 0. The monoisotopic (exact) mass is 213 g/mol. The SMILES string of the molecule is CC(C)C(CC1CCCN(C)C1)C(=O)O. The van der Waals surface area contributed by atoms with Gasteiger partial charge in [-0.05, 0) is 44.7 Å². The topological polar surface area (TPSA) is 40.5 Å². The van der Waals surface area contributed by atoms with Crippen molar-refractivity contribution in [2.75, 3.05) is 20.1 Å². The van der Waals surface area contributed by atoms with Crippen molar-refractivity contribution < 1.29 is 9.90 Å². The highest BCUT2D eigenvalue weighted by Crippen LogP contribution is 2.26. The molecule has 0 bridgehead atoms. The molecule has 15 heavy (non-hydrogen) atoms. The first kappa shape index (κ1) is 12.5. The number of likely N-dealkylation sites (tertiary alicyclic amines) is 1. The average Bonchev–Trinajstić information content (AvgIpc) is 2.13. The minimum Gasteiger partial charge on any atom is -0.481 e. The van der Waals surface area contributed by atoms with Gasteiger partial charge in [0.2, 0.25) is 0 Å². The predicted octanol–water partition coefficient (Wildman–Crippen LogP) is 2.08. The van der Waals surface area contributed by atoms with Gasteiger partial charge in [0.15, 0.2) is 0 Å². The molecule has 0 aromatic rings. The fraction of sp³-hybridized carbons (Fsp3) is 0.917. The van der Waals surface area contributed by atoms with Crippen LogP contribution in [-0.2, 0) is 4.79 Å². The van der Waals surface area contributed by atoms with Crippen LogP contribution in [0.5, 0.6) is 0 Å². The van der Waals surface area contributed by atoms with Gasteiger partial charge in [-0.2, -0.15) is 0 Å². The summed E-state index contributed by atoms with van der Waals surface area (Å²) in [5.74, 6) is 0.0294. The number of carbonyl (C=O) groups is 1. The third kappa shape index (κ3) is 3.82. The van der Waals surface area contributed by atoms with E-state index in [-0.39, 0.29) is 11.8 Å². The van der Waals surface area contributed by atoms with Crippen LogP contribution in [0.3, 0.4) is 0 Å². The van der Waals surface area contributed by atoms with E-state index in [1.165, 1.54) is 12.8 Å². The van der Waals surface area contributed by atoms with Crippen molar-refractivity contribution in [2.24, 2.45) is 17.8 Å². The highest BCUT2D eigenvalue weighted by molar-refractivity contribution is 5.70. The van der Waals surface area contributed by atoms with E-state index in [9.17, 15) is 4.79 Å². The lowest BCUT2D eigenvalue weighted by atomic mass is 9.83. The zero-order chi connectivity index (χ0) is 11.4. The van der Waals surface area contributed by atoms with Crippen molar-refractivity contribution in [3.05, 3.63) is 0 Å². The molecular weight excluding hydrogens is 190 g/mol. The van der Waals surface area contributed by atoms with Crippen LogP contribution < -0.4 is 0 Å². The highest BCUT2D eigenvalue weighted by Gasteiger charge is 2.27. The Morgan fingerprint density at radius 2 is 2.20 bits per heavy atom. The molecule has 1 heterocycles. The Morgan fingerprint density at radius 1 is 1.53 bits per heavy atom. The minimum atomic E-state index is -0.627. The first-order valence-corrected chi connectivity index (χ1v) is 5.92. The van der Waals surface area contributed by atoms with Gasteiger partial charge >= 0.3 is 5.97 Å². The number of hydrogen-bond acceptors (Lipinski definition) is 2. The second-order valence-electron chi connectivity index (χ2n) is 5.19. The number of carboxylic acid groups (broad SMARTS) is 1. The summed E-state index contributed by atoms with van der Waals surface area (Å²) in [6.07, 6.45) is 3.25. The standard InChI is InChI=1S/C12H23NO2/c1-9(2)11(12(14)15)7-10-5-4-6-13(3)8-10/h9-11H,4-8H2,1-3H3,(H,14,15). The van der Waals surface area contributed by atoms with E-state index >= 15 is 0 Å². The van der Waals surface area contributed by atoms with Crippen LogP contribution in [0, 0.1) is 17.8 Å². The van der Waals surface area contributed by atoms with Crippen molar-refractivity contribution in [3.63, 3.8) is 0 Å². The van der Waals surface area contributed by atoms with Gasteiger partial charge in [0, 0.05) is 6.54 Å². The molecule has 0 aromatic carbocycles. The van der Waals surface area contributed by atoms with Crippen LogP contribution >= 0.6 is 0 Å². The van der Waals surface area contributed by atoms with Gasteiger partial charge in [-0.3, -0.25) is 4.79 Å². The molecular formula is C12H23NO2. The van der Waals surface area contributed by atoms with Crippen LogP contribution in [-0.4, -0.2) is 36.1 Å². The molecule has 1 N–H and O–H groups in total. The van der Waals surface area contributed by atoms with Crippen molar-refractivity contribution in [2.45, 2.75) is 33.1 Å². The second-order valence-corrected chi connectivity index (χ2v) is 5.19. The predicted molar refractivity (Wildman–Crippen MR) is 60.8 cm³/mol. The van der Waals surface area contributed by atoms with E-state index in [2.05, 4.69) is 11.9 Å². The summed E-state index contributed by atoms with van der Waals surface area (Å²) < 4.78 is 0. The van der Waals surface area contributed by atoms with E-state index in [1.54, 1.807) is 0 Å². The third-order valence-corrected chi connectivity index (χ3v) is 3.43. The Morgan fingerprint density at radius 3 is 2.67 bits per heavy atom. The Bertz CT molecular complexity index is 216. The summed E-state index contributed by atoms with van der Waals surface area (Å²) in [4.78, 5) is 13.4. The number of carboxylic acids is 1. The molecule has 0 saturated carbocycles. The van der Waals surface area contributed by atoms with E-state index in [0.29, 0.717) is 5.92 Å². The molecule has 0 aromatic heterocycles. The Hall–Kier alpha value is -0.570. The van der Waals surface area contributed by atoms with Crippen LogP contribution in [0.1, 0.15) is 33.1 Å². The Balaban J connectivity index is 2.46. The lowest BCUT2D eigenvalue weighted by Gasteiger charge is -2.32. The third-order valence-electron chi connectivity index (χ3n) is 3.43. The zero-order valence-corrected chi connectivity index (χ0v) is 10.1. The van der Waals surface area contributed by atoms with Crippen molar-refractivity contribution in [1.82, 2.24) is 4.90 Å². The molecule has 1 aliphatic heterocycles. The van der Waals surface area contributed by atoms with Crippen molar-refractivity contribution in [1.29, 1.82) is 0 Å². The minimum absolute atomic E-state index is 0.165. The van der Waals surface area contributed by atoms with Crippen LogP contribution in [0.2, 0.25) is 0 Å². The second kappa shape index (κ2) is 5.50. The Labute approximate surface area is 92.5 Å². The van der Waals surface area contributed by atoms with E-state index in [4.69, 9.17) is 5.11 Å². The molecule has 1 fully saturated rings. The number of piperidine rings is 1. The number of hydrogen-bond donors (Lipinski definition) is 1. The van der Waals surface area contributed by atoms with Gasteiger partial charge in [-0.15, -0.1) is 0 Å². The molecule has 0 aliphatic carbocycles. The molecule has 1 rings (SSSR count). The van der Waals surface area contributed by atoms with Crippen molar-refractivity contribution >= 4 is 5.97 Å². The van der Waals surface area contributed by atoms with Gasteiger partial charge in [-0.1, -0.05) is 13.8 Å². The van der Waals surface area contributed by atoms with Crippen LogP contribution in [0.4, 0.5) is 0 Å². The summed E-state index contributed by atoms with van der Waals surface area (Å²) in [6.45, 7) is 6.24. The molecule has 2 unspecified atom stereocenters. The molecule has 0 amide bonds. The van der Waals surface area contributed by atoms with Crippen LogP contribution in [0.15, 0.2) is 0 Å². The number of rotatable bonds is 4. The number of aliphatic carboxylic acids is 1. The zero-order valence-electron chi connectivity index (χ0n) is 10.1. The number of nitrogens with zero attached hydrogens (tertiary/aromatic N) is 1. The maximum Gasteiger partial charge on any atom is 0.306 e. The lowest BCUT2D eigenvalue weighted by molar-refractivity contribution is -0.144. The Kier molecular flexibility index (Phi) is 4.58. The molecule has 0 spiro atoms.